The molecule has 0 spiro atoms. The van der Waals surface area contributed by atoms with Crippen LogP contribution in [0.2, 0.25) is 0 Å². The van der Waals surface area contributed by atoms with E-state index in [1.807, 2.05) is 6.92 Å². The molecule has 0 aromatic heterocycles. The first-order valence-corrected chi connectivity index (χ1v) is 8.92. The molecule has 1 amide bonds. The zero-order valence-electron chi connectivity index (χ0n) is 11.5. The van der Waals surface area contributed by atoms with Crippen LogP contribution in [0.15, 0.2) is 21.5 Å². The Labute approximate surface area is 131 Å². The van der Waals surface area contributed by atoms with E-state index in [4.69, 9.17) is 5.14 Å². The zero-order chi connectivity index (χ0) is 15.8. The van der Waals surface area contributed by atoms with Crippen LogP contribution in [0.5, 0.6) is 0 Å². The third kappa shape index (κ3) is 3.61. The van der Waals surface area contributed by atoms with Gasteiger partial charge in [-0.3, -0.25) is 4.79 Å². The molecule has 5 nitrogen and oxygen atoms in total. The number of benzene rings is 1. The number of amides is 1. The second-order valence-corrected chi connectivity index (χ2v) is 7.36. The van der Waals surface area contributed by atoms with Gasteiger partial charge in [-0.25, -0.2) is 17.9 Å². The van der Waals surface area contributed by atoms with Crippen LogP contribution in [0, 0.1) is 5.82 Å². The highest BCUT2D eigenvalue weighted by atomic mass is 79.9. The average molecular weight is 379 g/mol. The van der Waals surface area contributed by atoms with E-state index in [1.54, 1.807) is 4.90 Å². The minimum atomic E-state index is -4.11. The van der Waals surface area contributed by atoms with Crippen LogP contribution in [0.1, 0.15) is 36.5 Å². The number of carbonyl (C=O) groups excluding carboxylic acids is 1. The molecule has 0 heterocycles. The van der Waals surface area contributed by atoms with E-state index in [0.717, 1.165) is 31.4 Å². The molecule has 0 radical (unpaired) electrons. The van der Waals surface area contributed by atoms with Crippen LogP contribution in [0.4, 0.5) is 4.39 Å². The molecule has 1 aliphatic carbocycles. The zero-order valence-corrected chi connectivity index (χ0v) is 13.9. The minimum Gasteiger partial charge on any atom is -0.336 e. The molecule has 1 aromatic rings. The molecule has 0 bridgehead atoms. The predicted molar refractivity (Wildman–Crippen MR) is 79.8 cm³/mol. The lowest BCUT2D eigenvalue weighted by Gasteiger charge is -2.22. The summed E-state index contributed by atoms with van der Waals surface area (Å²) >= 11 is 3.07. The fourth-order valence-corrected chi connectivity index (χ4v) is 3.87. The molecule has 0 unspecified atom stereocenters. The van der Waals surface area contributed by atoms with Gasteiger partial charge in [-0.05, 0) is 47.3 Å². The minimum absolute atomic E-state index is 0.0122. The molecule has 0 aliphatic heterocycles. The normalized spacial score (nSPS) is 15.0. The van der Waals surface area contributed by atoms with Gasteiger partial charge in [-0.1, -0.05) is 6.92 Å². The van der Waals surface area contributed by atoms with Gasteiger partial charge < -0.3 is 4.90 Å². The summed E-state index contributed by atoms with van der Waals surface area (Å²) in [5, 5.41) is 5.05. The van der Waals surface area contributed by atoms with E-state index in [9.17, 15) is 17.6 Å². The molecule has 21 heavy (non-hydrogen) atoms. The summed E-state index contributed by atoms with van der Waals surface area (Å²) in [5.41, 5.74) is -0.0145. The van der Waals surface area contributed by atoms with E-state index in [0.29, 0.717) is 6.54 Å². The Morgan fingerprint density at radius 1 is 1.48 bits per heavy atom. The molecule has 2 N–H and O–H groups in total. The van der Waals surface area contributed by atoms with Crippen LogP contribution in [-0.2, 0) is 10.0 Å². The van der Waals surface area contributed by atoms with Crippen molar-refractivity contribution in [1.82, 2.24) is 4.90 Å². The summed E-state index contributed by atoms with van der Waals surface area (Å²) in [6, 6.07) is 1.99. The van der Waals surface area contributed by atoms with Gasteiger partial charge in [0.25, 0.3) is 5.91 Å². The van der Waals surface area contributed by atoms with Gasteiger partial charge >= 0.3 is 0 Å². The van der Waals surface area contributed by atoms with Crippen LogP contribution < -0.4 is 5.14 Å². The Morgan fingerprint density at radius 2 is 2.10 bits per heavy atom. The Morgan fingerprint density at radius 3 is 2.57 bits per heavy atom. The second-order valence-electron chi connectivity index (χ2n) is 5.04. The van der Waals surface area contributed by atoms with Gasteiger partial charge in [0.2, 0.25) is 10.0 Å². The number of hydrogen-bond acceptors (Lipinski definition) is 3. The summed E-state index contributed by atoms with van der Waals surface area (Å²) in [7, 11) is -4.11. The summed E-state index contributed by atoms with van der Waals surface area (Å²) in [6.45, 7) is 2.50. The number of primary sulfonamides is 1. The molecule has 0 atom stereocenters. The summed E-state index contributed by atoms with van der Waals surface area (Å²) < 4.78 is 36.6. The monoisotopic (exact) mass is 378 g/mol. The summed E-state index contributed by atoms with van der Waals surface area (Å²) in [4.78, 5) is 13.8. The molecule has 1 aliphatic rings. The van der Waals surface area contributed by atoms with Crippen molar-refractivity contribution in [2.24, 2.45) is 5.14 Å². The smallest absolute Gasteiger partial charge is 0.255 e. The fourth-order valence-electron chi connectivity index (χ4n) is 2.16. The first-order valence-electron chi connectivity index (χ1n) is 6.58. The predicted octanol–water partition coefficient (Wildman–Crippen LogP) is 2.25. The lowest BCUT2D eigenvalue weighted by atomic mass is 10.2. The quantitative estimate of drug-likeness (QED) is 0.852. The van der Waals surface area contributed by atoms with Crippen LogP contribution in [0.25, 0.3) is 0 Å². The lowest BCUT2D eigenvalue weighted by molar-refractivity contribution is 0.0741. The highest BCUT2D eigenvalue weighted by Crippen LogP contribution is 2.32. The van der Waals surface area contributed by atoms with Crippen molar-refractivity contribution < 1.29 is 17.6 Å². The summed E-state index contributed by atoms with van der Waals surface area (Å²) in [6.07, 6.45) is 2.61. The Kier molecular flexibility index (Phi) is 4.69. The van der Waals surface area contributed by atoms with Gasteiger partial charge in [0.15, 0.2) is 0 Å². The molecule has 116 valence electrons. The van der Waals surface area contributed by atoms with Crippen molar-refractivity contribution in [2.75, 3.05) is 6.54 Å². The number of halogens is 2. The maximum atomic E-state index is 13.7. The van der Waals surface area contributed by atoms with Crippen molar-refractivity contribution in [2.45, 2.75) is 37.1 Å². The van der Waals surface area contributed by atoms with Gasteiger partial charge in [0.05, 0.1) is 14.9 Å². The largest absolute Gasteiger partial charge is 0.336 e. The van der Waals surface area contributed by atoms with Crippen LogP contribution in [0.3, 0.4) is 0 Å². The molecule has 8 heteroatoms. The van der Waals surface area contributed by atoms with Crippen molar-refractivity contribution in [3.63, 3.8) is 0 Å². The Bertz CT molecular complexity index is 674. The standard InChI is InChI=1S/C13H16BrFN2O3S/c1-2-5-17(9-3-4-9)13(18)10-6-8(15)7-11(12(10)14)21(16,19)20/h6-7,9H,2-5H2,1H3,(H2,16,19,20). The first-order chi connectivity index (χ1) is 9.75. The number of nitrogens with zero attached hydrogens (tertiary/aromatic N) is 1. The van der Waals surface area contributed by atoms with Gasteiger partial charge in [0, 0.05) is 12.6 Å². The van der Waals surface area contributed by atoms with Crippen LogP contribution in [-0.4, -0.2) is 31.8 Å². The lowest BCUT2D eigenvalue weighted by Crippen LogP contribution is -2.34. The average Bonchev–Trinajstić information content (AvgIpc) is 3.20. The highest BCUT2D eigenvalue weighted by Gasteiger charge is 2.34. The van der Waals surface area contributed by atoms with Gasteiger partial charge in [0.1, 0.15) is 5.82 Å². The number of rotatable bonds is 5. The molecule has 1 fully saturated rings. The van der Waals surface area contributed by atoms with Crippen molar-refractivity contribution in [3.8, 4) is 0 Å². The third-order valence-corrected chi connectivity index (χ3v) is 5.31. The van der Waals surface area contributed by atoms with Gasteiger partial charge in [-0.15, -0.1) is 0 Å². The molecular weight excluding hydrogens is 363 g/mol. The number of nitrogens with two attached hydrogens (primary N) is 1. The fraction of sp³-hybridized carbons (Fsp3) is 0.462. The Hall–Kier alpha value is -0.990. The van der Waals surface area contributed by atoms with Gasteiger partial charge in [-0.2, -0.15) is 0 Å². The van der Waals surface area contributed by atoms with Crippen molar-refractivity contribution in [3.05, 3.63) is 28.0 Å². The molecule has 2 rings (SSSR count). The Balaban J connectivity index is 2.48. The number of hydrogen-bond donors (Lipinski definition) is 1. The van der Waals surface area contributed by atoms with E-state index in [-0.39, 0.29) is 22.0 Å². The molecule has 1 aromatic carbocycles. The van der Waals surface area contributed by atoms with Crippen molar-refractivity contribution in [1.29, 1.82) is 0 Å². The van der Waals surface area contributed by atoms with Crippen molar-refractivity contribution >= 4 is 31.9 Å². The molecular formula is C13H16BrFN2O3S. The number of sulfonamides is 1. The maximum Gasteiger partial charge on any atom is 0.255 e. The number of carbonyl (C=O) groups is 1. The van der Waals surface area contributed by atoms with E-state index in [2.05, 4.69) is 15.9 Å². The SMILES string of the molecule is CCCN(C(=O)c1cc(F)cc(S(N)(=O)=O)c1Br)C1CC1. The first kappa shape index (κ1) is 16.4. The second kappa shape index (κ2) is 6.02. The highest BCUT2D eigenvalue weighted by molar-refractivity contribution is 9.10. The van der Waals surface area contributed by atoms with E-state index < -0.39 is 20.7 Å². The molecule has 1 saturated carbocycles. The van der Waals surface area contributed by atoms with E-state index in [1.165, 1.54) is 0 Å². The summed E-state index contributed by atoms with van der Waals surface area (Å²) in [5.74, 6) is -1.19. The molecule has 0 saturated heterocycles. The maximum absolute atomic E-state index is 13.7. The third-order valence-electron chi connectivity index (χ3n) is 3.25. The topological polar surface area (TPSA) is 80.5 Å². The van der Waals surface area contributed by atoms with E-state index >= 15 is 0 Å². The van der Waals surface area contributed by atoms with Crippen LogP contribution >= 0.6 is 15.9 Å².